The third-order valence-corrected chi connectivity index (χ3v) is 1.91. The molecule has 14 heavy (non-hydrogen) atoms. The van der Waals surface area contributed by atoms with Crippen LogP contribution in [0.4, 0.5) is 0 Å². The Bertz CT molecular complexity index is 347. The van der Waals surface area contributed by atoms with E-state index in [2.05, 4.69) is 4.99 Å². The molecule has 0 heterocycles. The van der Waals surface area contributed by atoms with Crippen LogP contribution < -0.4 is 0 Å². The Morgan fingerprint density at radius 2 is 2.36 bits per heavy atom. The monoisotopic (exact) mass is 209 g/mol. The number of aliphatic imine (C=N–C) groups is 1. The van der Waals surface area contributed by atoms with Crippen molar-refractivity contribution in [2.45, 2.75) is 19.9 Å². The van der Waals surface area contributed by atoms with Gasteiger partial charge in [0.15, 0.2) is 0 Å². The topological polar surface area (TPSA) is 29.4 Å². The molecule has 3 heteroatoms. The summed E-state index contributed by atoms with van der Waals surface area (Å²) >= 11 is 5.80. The minimum absolute atomic E-state index is 0.125. The molecule has 0 saturated heterocycles. The van der Waals surface area contributed by atoms with Crippen LogP contribution in [0.3, 0.4) is 0 Å². The van der Waals surface area contributed by atoms with Crippen LogP contribution in [0.2, 0.25) is 5.02 Å². The summed E-state index contributed by atoms with van der Waals surface area (Å²) < 4.78 is 0. The zero-order valence-corrected chi connectivity index (χ0v) is 8.79. The van der Waals surface area contributed by atoms with Crippen molar-refractivity contribution in [3.05, 3.63) is 34.9 Å². The number of carbonyl (C=O) groups excluding carboxylic acids is 1. The average molecular weight is 210 g/mol. The Labute approximate surface area is 88.6 Å². The average Bonchev–Trinajstić information content (AvgIpc) is 2.12. The number of ketones is 1. The molecule has 0 atom stereocenters. The normalized spacial score (nSPS) is 10.7. The largest absolute Gasteiger partial charge is 0.300 e. The fourth-order valence-corrected chi connectivity index (χ4v) is 1.21. The van der Waals surface area contributed by atoms with Crippen LogP contribution in [0.25, 0.3) is 0 Å². The molecule has 1 aromatic rings. The third kappa shape index (κ3) is 4.19. The fourth-order valence-electron chi connectivity index (χ4n) is 0.998. The van der Waals surface area contributed by atoms with E-state index in [0.717, 1.165) is 5.56 Å². The third-order valence-electron chi connectivity index (χ3n) is 1.67. The molecule has 1 aromatic carbocycles. The molecule has 0 radical (unpaired) electrons. The maximum Gasteiger partial charge on any atom is 0.135 e. The number of benzene rings is 1. The van der Waals surface area contributed by atoms with Gasteiger partial charge in [0.1, 0.15) is 5.78 Å². The highest BCUT2D eigenvalue weighted by atomic mass is 35.5. The second-order valence-corrected chi connectivity index (χ2v) is 3.50. The van der Waals surface area contributed by atoms with E-state index < -0.39 is 0 Å². The van der Waals surface area contributed by atoms with Gasteiger partial charge in [0.25, 0.3) is 0 Å². The van der Waals surface area contributed by atoms with Gasteiger partial charge < -0.3 is 0 Å². The van der Waals surface area contributed by atoms with Crippen molar-refractivity contribution in [2.24, 2.45) is 4.99 Å². The Kier molecular flexibility index (Phi) is 4.33. The van der Waals surface area contributed by atoms with Crippen molar-refractivity contribution in [2.75, 3.05) is 0 Å². The molecule has 0 aliphatic carbocycles. The van der Waals surface area contributed by atoms with E-state index in [0.29, 0.717) is 18.0 Å². The SMILES string of the molecule is CC(=O)CC=NCc1cccc(Cl)c1. The Morgan fingerprint density at radius 1 is 1.57 bits per heavy atom. The van der Waals surface area contributed by atoms with Crippen LogP contribution in [0, 0.1) is 0 Å². The number of carbonyl (C=O) groups is 1. The zero-order chi connectivity index (χ0) is 10.4. The van der Waals surface area contributed by atoms with E-state index in [1.807, 2.05) is 24.3 Å². The predicted molar refractivity (Wildman–Crippen MR) is 58.9 cm³/mol. The Balaban J connectivity index is 2.45. The van der Waals surface area contributed by atoms with Gasteiger partial charge in [0, 0.05) is 17.7 Å². The van der Waals surface area contributed by atoms with Crippen molar-refractivity contribution < 1.29 is 4.79 Å². The van der Waals surface area contributed by atoms with Gasteiger partial charge in [-0.1, -0.05) is 23.7 Å². The minimum atomic E-state index is 0.125. The summed E-state index contributed by atoms with van der Waals surface area (Å²) in [6.45, 7) is 2.12. The molecule has 0 saturated carbocycles. The highest BCUT2D eigenvalue weighted by molar-refractivity contribution is 6.30. The van der Waals surface area contributed by atoms with Crippen LogP contribution >= 0.6 is 11.6 Å². The summed E-state index contributed by atoms with van der Waals surface area (Å²) in [5.74, 6) is 0.125. The second kappa shape index (κ2) is 5.55. The number of rotatable bonds is 4. The lowest BCUT2D eigenvalue weighted by molar-refractivity contribution is -0.115. The molecule has 0 aromatic heterocycles. The van der Waals surface area contributed by atoms with Crippen LogP contribution in [0.15, 0.2) is 29.3 Å². The number of halogens is 1. The number of hydrogen-bond acceptors (Lipinski definition) is 2. The smallest absolute Gasteiger partial charge is 0.135 e. The van der Waals surface area contributed by atoms with Crippen molar-refractivity contribution in [3.8, 4) is 0 Å². The molecule has 1 rings (SSSR count). The first-order valence-corrected chi connectivity index (χ1v) is 4.78. The lowest BCUT2D eigenvalue weighted by Crippen LogP contribution is -1.90. The maximum atomic E-state index is 10.6. The Hall–Kier alpha value is -1.15. The van der Waals surface area contributed by atoms with E-state index >= 15 is 0 Å². The van der Waals surface area contributed by atoms with E-state index in [1.165, 1.54) is 0 Å². The van der Waals surface area contributed by atoms with Gasteiger partial charge in [-0.05, 0) is 24.6 Å². The zero-order valence-electron chi connectivity index (χ0n) is 8.03. The van der Waals surface area contributed by atoms with Crippen LogP contribution in [0.5, 0.6) is 0 Å². The number of nitrogens with zero attached hydrogens (tertiary/aromatic N) is 1. The van der Waals surface area contributed by atoms with E-state index in [9.17, 15) is 4.79 Å². The summed E-state index contributed by atoms with van der Waals surface area (Å²) in [5, 5.41) is 0.712. The molecule has 0 amide bonds. The van der Waals surface area contributed by atoms with Crippen LogP contribution in [-0.4, -0.2) is 12.0 Å². The summed E-state index contributed by atoms with van der Waals surface area (Å²) in [6, 6.07) is 7.53. The molecule has 0 bridgehead atoms. The molecule has 0 N–H and O–H groups in total. The van der Waals surface area contributed by atoms with Gasteiger partial charge in [-0.25, -0.2) is 0 Å². The molecular formula is C11H12ClNO. The summed E-state index contributed by atoms with van der Waals surface area (Å²) in [6.07, 6.45) is 2.05. The van der Waals surface area contributed by atoms with E-state index in [1.54, 1.807) is 13.1 Å². The van der Waals surface area contributed by atoms with Crippen molar-refractivity contribution in [1.29, 1.82) is 0 Å². The van der Waals surface area contributed by atoms with Gasteiger partial charge >= 0.3 is 0 Å². The molecule has 0 unspecified atom stereocenters. The van der Waals surface area contributed by atoms with Crippen molar-refractivity contribution in [3.63, 3.8) is 0 Å². The molecule has 0 spiro atoms. The summed E-state index contributed by atoms with van der Waals surface area (Å²) in [5.41, 5.74) is 1.05. The molecule has 0 aliphatic rings. The lowest BCUT2D eigenvalue weighted by atomic mass is 10.2. The van der Waals surface area contributed by atoms with Crippen LogP contribution in [-0.2, 0) is 11.3 Å². The Morgan fingerprint density at radius 3 is 3.00 bits per heavy atom. The second-order valence-electron chi connectivity index (χ2n) is 3.06. The maximum absolute atomic E-state index is 10.6. The minimum Gasteiger partial charge on any atom is -0.300 e. The standard InChI is InChI=1S/C11H12ClNO/c1-9(14)5-6-13-8-10-3-2-4-11(12)7-10/h2-4,6-7H,5,8H2,1H3. The lowest BCUT2D eigenvalue weighted by Gasteiger charge is -1.96. The first-order valence-electron chi connectivity index (χ1n) is 4.40. The summed E-state index contributed by atoms with van der Waals surface area (Å²) in [4.78, 5) is 14.7. The summed E-state index contributed by atoms with van der Waals surface area (Å²) in [7, 11) is 0. The van der Waals surface area contributed by atoms with Crippen molar-refractivity contribution >= 4 is 23.6 Å². The number of Topliss-reactive ketones (excluding diaryl/α,β-unsaturated/α-hetero) is 1. The predicted octanol–water partition coefficient (Wildman–Crippen LogP) is 2.89. The van der Waals surface area contributed by atoms with Gasteiger partial charge in [-0.3, -0.25) is 9.79 Å². The van der Waals surface area contributed by atoms with E-state index in [-0.39, 0.29) is 5.78 Å². The molecule has 2 nitrogen and oxygen atoms in total. The van der Waals surface area contributed by atoms with E-state index in [4.69, 9.17) is 11.6 Å². The highest BCUT2D eigenvalue weighted by Gasteiger charge is 1.91. The first-order chi connectivity index (χ1) is 6.68. The molecule has 0 fully saturated rings. The highest BCUT2D eigenvalue weighted by Crippen LogP contribution is 2.11. The molecule has 74 valence electrons. The van der Waals surface area contributed by atoms with Gasteiger partial charge in [-0.2, -0.15) is 0 Å². The van der Waals surface area contributed by atoms with Crippen LogP contribution in [0.1, 0.15) is 18.9 Å². The van der Waals surface area contributed by atoms with Gasteiger partial charge in [-0.15, -0.1) is 0 Å². The number of hydrogen-bond donors (Lipinski definition) is 0. The van der Waals surface area contributed by atoms with Crippen molar-refractivity contribution in [1.82, 2.24) is 0 Å². The fraction of sp³-hybridized carbons (Fsp3) is 0.273. The molecule has 0 aliphatic heterocycles. The molecular weight excluding hydrogens is 198 g/mol. The quantitative estimate of drug-likeness (QED) is 0.702. The first kappa shape index (κ1) is 10.9. The van der Waals surface area contributed by atoms with Gasteiger partial charge in [0.2, 0.25) is 0 Å². The van der Waals surface area contributed by atoms with Gasteiger partial charge in [0.05, 0.1) is 6.54 Å².